The van der Waals surface area contributed by atoms with Gasteiger partial charge in [-0.3, -0.25) is 10.7 Å². The molecule has 5 nitrogen and oxygen atoms in total. The molecule has 0 atom stereocenters. The normalized spacial score (nSPS) is 12.7. The first-order valence-corrected chi connectivity index (χ1v) is 8.54. The number of allylic oxidation sites excluding steroid dienone is 5. The average Bonchev–Trinajstić information content (AvgIpc) is 2.60. The fraction of sp³-hybridized carbons (Fsp3) is 0.300. The van der Waals surface area contributed by atoms with Gasteiger partial charge in [0.1, 0.15) is 5.82 Å². The van der Waals surface area contributed by atoms with Gasteiger partial charge in [0.05, 0.1) is 5.71 Å². The molecule has 1 aromatic carbocycles. The Bertz CT molecular complexity index is 672. The van der Waals surface area contributed by atoms with E-state index < -0.39 is 6.03 Å². The third kappa shape index (κ3) is 7.08. The summed E-state index contributed by atoms with van der Waals surface area (Å²) in [5.74, 6) is 0.413. The number of urea groups is 1. The molecule has 0 aliphatic rings. The van der Waals surface area contributed by atoms with Crippen LogP contribution in [0.1, 0.15) is 40.0 Å². The standard InChI is InChI=1S/C20H28N4O/c1-4-6-11-16(12-7-5-2)18(21)15(3)19(24-20(22)25)23-17-13-9-8-10-14-17/h6,8-14,21,23H,4-5,7H2,1-3H3,(H3,22,24,25)/b11-6-,16-12+,19-15+,21-18?. The van der Waals surface area contributed by atoms with Crippen molar-refractivity contribution < 1.29 is 4.79 Å². The van der Waals surface area contributed by atoms with Crippen LogP contribution in [0.2, 0.25) is 0 Å². The number of unbranched alkanes of at least 4 members (excludes halogenated alkanes) is 1. The van der Waals surface area contributed by atoms with Crippen molar-refractivity contribution in [2.24, 2.45) is 5.73 Å². The van der Waals surface area contributed by atoms with E-state index in [1.54, 1.807) is 6.92 Å². The number of rotatable bonds is 9. The molecule has 0 heterocycles. The van der Waals surface area contributed by atoms with Crippen LogP contribution in [0.15, 0.2) is 65.5 Å². The number of nitrogens with two attached hydrogens (primary N) is 1. The molecule has 0 bridgehead atoms. The number of primary amides is 1. The van der Waals surface area contributed by atoms with E-state index in [4.69, 9.17) is 11.1 Å². The predicted octanol–water partition coefficient (Wildman–Crippen LogP) is 4.71. The van der Waals surface area contributed by atoms with Gasteiger partial charge < -0.3 is 11.1 Å². The first-order chi connectivity index (χ1) is 12.0. The van der Waals surface area contributed by atoms with Crippen molar-refractivity contribution in [3.05, 3.63) is 65.5 Å². The molecule has 0 aliphatic carbocycles. The number of hydrogen-bond donors (Lipinski definition) is 4. The van der Waals surface area contributed by atoms with Crippen LogP contribution in [-0.2, 0) is 0 Å². The zero-order valence-corrected chi connectivity index (χ0v) is 15.2. The molecule has 134 valence electrons. The van der Waals surface area contributed by atoms with Gasteiger partial charge in [0, 0.05) is 11.3 Å². The molecule has 0 saturated heterocycles. The monoisotopic (exact) mass is 340 g/mol. The number of carbonyl (C=O) groups is 1. The Hall–Kier alpha value is -2.82. The van der Waals surface area contributed by atoms with Crippen molar-refractivity contribution in [2.75, 3.05) is 5.32 Å². The van der Waals surface area contributed by atoms with Crippen LogP contribution in [0.3, 0.4) is 0 Å². The molecule has 0 fully saturated rings. The van der Waals surface area contributed by atoms with E-state index >= 15 is 0 Å². The topological polar surface area (TPSA) is 91.0 Å². The lowest BCUT2D eigenvalue weighted by atomic mass is 10.0. The molecule has 0 unspecified atom stereocenters. The zero-order valence-electron chi connectivity index (χ0n) is 15.2. The fourth-order valence-corrected chi connectivity index (χ4v) is 2.15. The highest BCUT2D eigenvalue weighted by Gasteiger charge is 2.12. The highest BCUT2D eigenvalue weighted by atomic mass is 16.2. The quantitative estimate of drug-likeness (QED) is 0.387. The van der Waals surface area contributed by atoms with Gasteiger partial charge in [0.15, 0.2) is 0 Å². The van der Waals surface area contributed by atoms with Gasteiger partial charge in [-0.25, -0.2) is 4.79 Å². The second kappa shape index (κ2) is 10.9. The summed E-state index contributed by atoms with van der Waals surface area (Å²) in [5, 5.41) is 14.3. The van der Waals surface area contributed by atoms with Crippen LogP contribution >= 0.6 is 0 Å². The minimum atomic E-state index is -0.672. The summed E-state index contributed by atoms with van der Waals surface area (Å²) in [7, 11) is 0. The molecule has 5 heteroatoms. The summed E-state index contributed by atoms with van der Waals surface area (Å²) in [5.41, 5.74) is 7.91. The molecule has 1 aromatic rings. The average molecular weight is 340 g/mol. The molecule has 2 amide bonds. The summed E-state index contributed by atoms with van der Waals surface area (Å²) < 4.78 is 0. The van der Waals surface area contributed by atoms with Gasteiger partial charge in [0.25, 0.3) is 0 Å². The highest BCUT2D eigenvalue weighted by Crippen LogP contribution is 2.16. The van der Waals surface area contributed by atoms with Crippen LogP contribution in [0.25, 0.3) is 0 Å². The van der Waals surface area contributed by atoms with E-state index in [-0.39, 0.29) is 0 Å². The van der Waals surface area contributed by atoms with Crippen molar-refractivity contribution in [1.82, 2.24) is 5.32 Å². The lowest BCUT2D eigenvalue weighted by molar-refractivity contribution is 0.251. The lowest BCUT2D eigenvalue weighted by Crippen LogP contribution is -2.33. The smallest absolute Gasteiger partial charge is 0.317 e. The number of nitrogens with one attached hydrogen (secondary N) is 3. The molecule has 0 saturated carbocycles. The molecule has 25 heavy (non-hydrogen) atoms. The third-order valence-corrected chi connectivity index (χ3v) is 3.52. The molecule has 0 spiro atoms. The summed E-state index contributed by atoms with van der Waals surface area (Å²) >= 11 is 0. The number of hydrogen-bond acceptors (Lipinski definition) is 3. The van der Waals surface area contributed by atoms with Crippen LogP contribution in [0.5, 0.6) is 0 Å². The first-order valence-electron chi connectivity index (χ1n) is 8.54. The van der Waals surface area contributed by atoms with E-state index in [0.29, 0.717) is 17.1 Å². The fourth-order valence-electron chi connectivity index (χ4n) is 2.15. The van der Waals surface area contributed by atoms with Gasteiger partial charge in [-0.15, -0.1) is 0 Å². The maximum absolute atomic E-state index is 11.4. The predicted molar refractivity (Wildman–Crippen MR) is 106 cm³/mol. The summed E-state index contributed by atoms with van der Waals surface area (Å²) in [6.45, 7) is 5.95. The summed E-state index contributed by atoms with van der Waals surface area (Å²) in [6.07, 6.45) is 8.81. The third-order valence-electron chi connectivity index (χ3n) is 3.52. The maximum atomic E-state index is 11.4. The largest absolute Gasteiger partial charge is 0.351 e. The Morgan fingerprint density at radius 3 is 2.48 bits per heavy atom. The van der Waals surface area contributed by atoms with E-state index in [0.717, 1.165) is 30.5 Å². The van der Waals surface area contributed by atoms with E-state index in [2.05, 4.69) is 24.5 Å². The van der Waals surface area contributed by atoms with Gasteiger partial charge in [-0.1, -0.05) is 56.7 Å². The van der Waals surface area contributed by atoms with Gasteiger partial charge >= 0.3 is 6.03 Å². The van der Waals surface area contributed by atoms with E-state index in [9.17, 15) is 4.79 Å². The number of benzene rings is 1. The van der Waals surface area contributed by atoms with Crippen molar-refractivity contribution >= 4 is 17.4 Å². The Morgan fingerprint density at radius 1 is 1.24 bits per heavy atom. The second-order valence-corrected chi connectivity index (χ2v) is 5.61. The number of anilines is 1. The van der Waals surface area contributed by atoms with Gasteiger partial charge in [-0.2, -0.15) is 0 Å². The Balaban J connectivity index is 3.19. The maximum Gasteiger partial charge on any atom is 0.317 e. The molecular weight excluding hydrogens is 312 g/mol. The molecule has 0 aromatic heterocycles. The van der Waals surface area contributed by atoms with Gasteiger partial charge in [0.2, 0.25) is 0 Å². The Labute approximate surface area is 150 Å². The van der Waals surface area contributed by atoms with Crippen molar-refractivity contribution in [3.63, 3.8) is 0 Å². The Morgan fingerprint density at radius 2 is 1.92 bits per heavy atom. The molecule has 1 rings (SSSR count). The second-order valence-electron chi connectivity index (χ2n) is 5.61. The number of para-hydroxylation sites is 1. The van der Waals surface area contributed by atoms with E-state index in [1.807, 2.05) is 48.6 Å². The highest BCUT2D eigenvalue weighted by molar-refractivity contribution is 6.12. The SMILES string of the molecule is CC/C=C\C(=C/CCC)C(=N)/C(C)=C(/NC(N)=O)Nc1ccccc1. The number of carbonyl (C=O) groups excluding carboxylic acids is 1. The van der Waals surface area contributed by atoms with Crippen molar-refractivity contribution in [2.45, 2.75) is 40.0 Å². The lowest BCUT2D eigenvalue weighted by Gasteiger charge is -2.16. The molecule has 0 aliphatic heterocycles. The zero-order chi connectivity index (χ0) is 18.7. The van der Waals surface area contributed by atoms with Crippen molar-refractivity contribution in [1.29, 1.82) is 5.41 Å². The first kappa shape index (κ1) is 20.2. The van der Waals surface area contributed by atoms with Crippen LogP contribution < -0.4 is 16.4 Å². The minimum absolute atomic E-state index is 0.352. The Kier molecular flexibility index (Phi) is 8.79. The van der Waals surface area contributed by atoms with Gasteiger partial charge in [-0.05, 0) is 37.5 Å². The van der Waals surface area contributed by atoms with Crippen LogP contribution in [0, 0.1) is 5.41 Å². The summed E-state index contributed by atoms with van der Waals surface area (Å²) in [4.78, 5) is 11.4. The molecular formula is C20H28N4O. The van der Waals surface area contributed by atoms with E-state index in [1.165, 1.54) is 0 Å². The van der Waals surface area contributed by atoms with Crippen molar-refractivity contribution in [3.8, 4) is 0 Å². The van der Waals surface area contributed by atoms with Crippen LogP contribution in [0.4, 0.5) is 10.5 Å². The van der Waals surface area contributed by atoms with Crippen LogP contribution in [-0.4, -0.2) is 11.7 Å². The molecule has 5 N–H and O–H groups in total. The minimum Gasteiger partial charge on any atom is -0.351 e. The number of amides is 2. The molecule has 0 radical (unpaired) electrons. The summed E-state index contributed by atoms with van der Waals surface area (Å²) in [6, 6.07) is 8.78.